The summed E-state index contributed by atoms with van der Waals surface area (Å²) in [7, 11) is -3.54. The van der Waals surface area contributed by atoms with Crippen LogP contribution < -0.4 is 5.32 Å². The Bertz CT molecular complexity index is 952. The number of anilines is 1. The zero-order valence-corrected chi connectivity index (χ0v) is 19.2. The lowest BCUT2D eigenvalue weighted by atomic mass is 9.97. The number of nitrogens with zero attached hydrogens (tertiary/aromatic N) is 3. The molecule has 3 rings (SSSR count). The van der Waals surface area contributed by atoms with E-state index in [4.69, 9.17) is 0 Å². The molecule has 0 unspecified atom stereocenters. The number of rotatable bonds is 8. The quantitative estimate of drug-likeness (QED) is 0.358. The highest BCUT2D eigenvalue weighted by atomic mass is 32.2. The highest BCUT2D eigenvalue weighted by Crippen LogP contribution is 2.28. The van der Waals surface area contributed by atoms with Gasteiger partial charge in [-0.15, -0.1) is 28.5 Å². The second kappa shape index (κ2) is 10.1. The summed E-state index contributed by atoms with van der Waals surface area (Å²) in [6.45, 7) is 4.30. The molecule has 0 aliphatic carbocycles. The van der Waals surface area contributed by atoms with Crippen molar-refractivity contribution < 1.29 is 13.2 Å². The van der Waals surface area contributed by atoms with Crippen molar-refractivity contribution in [3.63, 3.8) is 0 Å². The first-order chi connectivity index (χ1) is 13.9. The van der Waals surface area contributed by atoms with Gasteiger partial charge < -0.3 is 5.32 Å². The minimum atomic E-state index is -3.54. The number of aromatic nitrogens is 2. The molecule has 1 aromatic carbocycles. The van der Waals surface area contributed by atoms with E-state index < -0.39 is 10.0 Å². The lowest BCUT2D eigenvalue weighted by molar-refractivity contribution is -0.120. The maximum Gasteiger partial charge on any atom is 0.243 e. The van der Waals surface area contributed by atoms with Gasteiger partial charge in [-0.3, -0.25) is 4.79 Å². The minimum Gasteiger partial charge on any atom is -0.300 e. The Morgan fingerprint density at radius 3 is 2.62 bits per heavy atom. The Morgan fingerprint density at radius 1 is 1.31 bits per heavy atom. The number of sulfonamides is 1. The Morgan fingerprint density at radius 2 is 2.00 bits per heavy atom. The molecule has 1 saturated heterocycles. The van der Waals surface area contributed by atoms with Crippen molar-refractivity contribution >= 4 is 55.9 Å². The Hall–Kier alpha value is -1.40. The summed E-state index contributed by atoms with van der Waals surface area (Å²) in [5, 5.41) is 11.3. The van der Waals surface area contributed by atoms with Gasteiger partial charge in [0.1, 0.15) is 0 Å². The van der Waals surface area contributed by atoms with E-state index in [1.807, 2.05) is 6.26 Å². The van der Waals surface area contributed by atoms with Crippen LogP contribution in [0.15, 0.2) is 51.1 Å². The van der Waals surface area contributed by atoms with Crippen molar-refractivity contribution in [2.75, 3.05) is 30.4 Å². The third-order valence-corrected chi connectivity index (χ3v) is 9.11. The molecule has 156 valence electrons. The third kappa shape index (κ3) is 5.60. The molecule has 0 spiro atoms. The second-order valence-corrected chi connectivity index (χ2v) is 11.4. The van der Waals surface area contributed by atoms with Gasteiger partial charge in [-0.2, -0.15) is 4.31 Å². The summed E-state index contributed by atoms with van der Waals surface area (Å²) in [5.74, 6) is 0.353. The number of thioether (sulfide) groups is 2. The second-order valence-electron chi connectivity index (χ2n) is 6.32. The molecule has 2 aromatic rings. The van der Waals surface area contributed by atoms with Crippen LogP contribution in [0.1, 0.15) is 12.8 Å². The van der Waals surface area contributed by atoms with E-state index in [0.717, 1.165) is 15.0 Å². The molecule has 1 fully saturated rings. The molecule has 1 amide bonds. The molecule has 1 N–H and O–H groups in total. The highest BCUT2D eigenvalue weighted by Gasteiger charge is 2.32. The molecule has 29 heavy (non-hydrogen) atoms. The lowest BCUT2D eigenvalue weighted by Gasteiger charge is -2.30. The van der Waals surface area contributed by atoms with Crippen LogP contribution in [0, 0.1) is 5.92 Å². The third-order valence-electron chi connectivity index (χ3n) is 4.48. The van der Waals surface area contributed by atoms with Crippen molar-refractivity contribution in [3.8, 4) is 0 Å². The standard InChI is InChI=1S/C18H22N4O3S4/c1-3-12-27-18-21-20-17(28-18)19-16(23)13-8-10-22(11-9-13)29(24,25)15-6-4-14(26-2)5-7-15/h3-7,13H,1,8-12H2,2H3,(H,19,20,23). The van der Waals surface area contributed by atoms with Crippen LogP contribution in [-0.2, 0) is 14.8 Å². The van der Waals surface area contributed by atoms with E-state index in [1.54, 1.807) is 42.1 Å². The predicted molar refractivity (Wildman–Crippen MR) is 119 cm³/mol. The minimum absolute atomic E-state index is 0.136. The van der Waals surface area contributed by atoms with E-state index >= 15 is 0 Å². The Balaban J connectivity index is 1.55. The molecule has 0 atom stereocenters. The highest BCUT2D eigenvalue weighted by molar-refractivity contribution is 8.01. The lowest BCUT2D eigenvalue weighted by Crippen LogP contribution is -2.41. The van der Waals surface area contributed by atoms with Crippen molar-refractivity contribution in [2.45, 2.75) is 27.0 Å². The molecule has 11 heteroatoms. The van der Waals surface area contributed by atoms with Gasteiger partial charge >= 0.3 is 0 Å². The van der Waals surface area contributed by atoms with Crippen LogP contribution >= 0.6 is 34.9 Å². The molecule has 0 saturated carbocycles. The van der Waals surface area contributed by atoms with Gasteiger partial charge in [0.15, 0.2) is 4.34 Å². The van der Waals surface area contributed by atoms with E-state index in [1.165, 1.54) is 27.4 Å². The van der Waals surface area contributed by atoms with Gasteiger partial charge in [0.2, 0.25) is 21.1 Å². The molecule has 1 aliphatic heterocycles. The smallest absolute Gasteiger partial charge is 0.243 e. The fourth-order valence-electron chi connectivity index (χ4n) is 2.91. The van der Waals surface area contributed by atoms with Crippen LogP contribution in [0.3, 0.4) is 0 Å². The topological polar surface area (TPSA) is 92.3 Å². The van der Waals surface area contributed by atoms with E-state index in [0.29, 0.717) is 31.1 Å². The molecule has 0 bridgehead atoms. The van der Waals surface area contributed by atoms with Crippen molar-refractivity contribution in [2.24, 2.45) is 5.92 Å². The fourth-order valence-corrected chi connectivity index (χ4v) is 6.31. The molecular formula is C18H22N4O3S4. The normalized spacial score (nSPS) is 15.9. The van der Waals surface area contributed by atoms with Crippen molar-refractivity contribution in [3.05, 3.63) is 36.9 Å². The zero-order chi connectivity index (χ0) is 20.9. The molecule has 0 radical (unpaired) electrons. The number of benzene rings is 1. The maximum absolute atomic E-state index is 12.8. The molecular weight excluding hydrogens is 448 g/mol. The summed E-state index contributed by atoms with van der Waals surface area (Å²) in [6.07, 6.45) is 4.68. The Kier molecular flexibility index (Phi) is 7.74. The number of hydrogen-bond donors (Lipinski definition) is 1. The summed E-state index contributed by atoms with van der Waals surface area (Å²) in [4.78, 5) is 13.8. The summed E-state index contributed by atoms with van der Waals surface area (Å²) in [6, 6.07) is 6.89. The largest absolute Gasteiger partial charge is 0.300 e. The van der Waals surface area contributed by atoms with E-state index in [9.17, 15) is 13.2 Å². The van der Waals surface area contributed by atoms with Crippen molar-refractivity contribution in [1.29, 1.82) is 0 Å². The molecule has 2 heterocycles. The number of carbonyl (C=O) groups is 1. The summed E-state index contributed by atoms with van der Waals surface area (Å²) >= 11 is 4.40. The number of carbonyl (C=O) groups excluding carboxylic acids is 1. The first-order valence-electron chi connectivity index (χ1n) is 8.96. The summed E-state index contributed by atoms with van der Waals surface area (Å²) < 4.78 is 27.9. The SMILES string of the molecule is C=CCSc1nnc(NC(=O)C2CCN(S(=O)(=O)c3ccc(SC)cc3)CC2)s1. The molecule has 1 aromatic heterocycles. The van der Waals surface area contributed by atoms with Gasteiger partial charge in [0.25, 0.3) is 0 Å². The van der Waals surface area contributed by atoms with Crippen LogP contribution in [-0.4, -0.2) is 53.9 Å². The number of amides is 1. The molecule has 1 aliphatic rings. The first-order valence-corrected chi connectivity index (χ1v) is 13.4. The fraction of sp³-hybridized carbons (Fsp3) is 0.389. The van der Waals surface area contributed by atoms with Crippen molar-refractivity contribution in [1.82, 2.24) is 14.5 Å². The predicted octanol–water partition coefficient (Wildman–Crippen LogP) is 3.58. The monoisotopic (exact) mass is 470 g/mol. The van der Waals surface area contributed by atoms with Gasteiger partial charge in [-0.1, -0.05) is 29.2 Å². The van der Waals surface area contributed by atoms with Crippen LogP contribution in [0.2, 0.25) is 0 Å². The van der Waals surface area contributed by atoms with Gasteiger partial charge in [-0.25, -0.2) is 8.42 Å². The van der Waals surface area contributed by atoms with Crippen LogP contribution in [0.5, 0.6) is 0 Å². The average Bonchev–Trinajstić information content (AvgIpc) is 3.19. The van der Waals surface area contributed by atoms with Crippen LogP contribution in [0.4, 0.5) is 5.13 Å². The number of hydrogen-bond acceptors (Lipinski definition) is 8. The first kappa shape index (κ1) is 22.3. The average molecular weight is 471 g/mol. The zero-order valence-electron chi connectivity index (χ0n) is 15.9. The van der Waals surface area contributed by atoms with E-state index in [2.05, 4.69) is 22.1 Å². The number of nitrogens with one attached hydrogen (secondary N) is 1. The Labute approximate surface area is 183 Å². The van der Waals surface area contributed by atoms with E-state index in [-0.39, 0.29) is 16.7 Å². The maximum atomic E-state index is 12.8. The van der Waals surface area contributed by atoms with Gasteiger partial charge in [0, 0.05) is 29.7 Å². The molecule has 7 nitrogen and oxygen atoms in total. The number of piperidine rings is 1. The van der Waals surface area contributed by atoms with Gasteiger partial charge in [-0.05, 0) is 43.4 Å². The van der Waals surface area contributed by atoms with Gasteiger partial charge in [0.05, 0.1) is 4.90 Å². The van der Waals surface area contributed by atoms with Crippen LogP contribution in [0.25, 0.3) is 0 Å². The summed E-state index contributed by atoms with van der Waals surface area (Å²) in [5.41, 5.74) is 0.